The normalized spacial score (nSPS) is 13.0. The highest BCUT2D eigenvalue weighted by molar-refractivity contribution is 6.40. The number of esters is 2. The highest BCUT2D eigenvalue weighted by atomic mass is 16.5. The van der Waals surface area contributed by atoms with Crippen LogP contribution in [-0.2, 0) is 30.5 Å². The highest BCUT2D eigenvalue weighted by Crippen LogP contribution is 2.13. The molecule has 0 bridgehead atoms. The molecule has 0 spiro atoms. The molecule has 0 unspecified atom stereocenters. The Morgan fingerprint density at radius 2 is 1.69 bits per heavy atom. The number of aromatic nitrogens is 2. The van der Waals surface area contributed by atoms with Gasteiger partial charge in [-0.25, -0.2) is 4.98 Å². The molecule has 1 aromatic heterocycles. The maximum Gasteiger partial charge on any atom is 0.306 e. The zero-order valence-electron chi connectivity index (χ0n) is 14.5. The number of hydrogen-bond donors (Lipinski definition) is 1. The van der Waals surface area contributed by atoms with Gasteiger partial charge >= 0.3 is 11.9 Å². The second-order valence-electron chi connectivity index (χ2n) is 5.73. The number of nitrogens with one attached hydrogen (secondary N) is 1. The van der Waals surface area contributed by atoms with Crippen molar-refractivity contribution < 1.29 is 28.7 Å². The van der Waals surface area contributed by atoms with Crippen LogP contribution in [0.25, 0.3) is 0 Å². The van der Waals surface area contributed by atoms with Crippen molar-refractivity contribution in [1.82, 2.24) is 9.97 Å². The molecule has 0 saturated carbocycles. The molecule has 0 fully saturated rings. The van der Waals surface area contributed by atoms with E-state index in [4.69, 9.17) is 9.47 Å². The first kappa shape index (κ1) is 19.2. The first-order chi connectivity index (χ1) is 12.3. The molecule has 1 aliphatic rings. The van der Waals surface area contributed by atoms with E-state index in [0.717, 1.165) is 5.57 Å². The Hall–Kier alpha value is -3.10. The molecular formula is C17H19N3O6. The number of H-pyrrole nitrogens is 1. The van der Waals surface area contributed by atoms with Crippen LogP contribution in [-0.4, -0.2) is 45.8 Å². The van der Waals surface area contributed by atoms with Gasteiger partial charge in [0.05, 0.1) is 30.4 Å². The molecule has 2 heterocycles. The minimum absolute atomic E-state index is 0.0378. The van der Waals surface area contributed by atoms with E-state index in [2.05, 4.69) is 15.0 Å². The minimum atomic E-state index is -0.566. The molecule has 26 heavy (non-hydrogen) atoms. The molecule has 1 aromatic rings. The predicted octanol–water partition coefficient (Wildman–Crippen LogP) is 1.30. The Morgan fingerprint density at radius 3 is 2.23 bits per heavy atom. The number of aliphatic imine (C=N–C) groups is 1. The van der Waals surface area contributed by atoms with Crippen LogP contribution in [0.15, 0.2) is 23.0 Å². The van der Waals surface area contributed by atoms with Crippen molar-refractivity contribution in [3.05, 3.63) is 29.5 Å². The summed E-state index contributed by atoms with van der Waals surface area (Å²) in [4.78, 5) is 56.1. The van der Waals surface area contributed by atoms with Gasteiger partial charge < -0.3 is 14.5 Å². The van der Waals surface area contributed by atoms with Crippen LogP contribution in [0.1, 0.15) is 49.4 Å². The molecule has 9 heteroatoms. The topological polar surface area (TPSA) is 128 Å². The van der Waals surface area contributed by atoms with E-state index >= 15 is 0 Å². The molecule has 1 N–H and O–H groups in total. The van der Waals surface area contributed by atoms with Crippen LogP contribution in [0.2, 0.25) is 0 Å². The Labute approximate surface area is 149 Å². The maximum atomic E-state index is 11.7. The summed E-state index contributed by atoms with van der Waals surface area (Å²) in [5, 5.41) is 0. The lowest BCUT2D eigenvalue weighted by Crippen LogP contribution is -2.13. The maximum absolute atomic E-state index is 11.7. The van der Waals surface area contributed by atoms with E-state index < -0.39 is 11.9 Å². The Balaban J connectivity index is 1.62. The van der Waals surface area contributed by atoms with Crippen LogP contribution in [0, 0.1) is 0 Å². The summed E-state index contributed by atoms with van der Waals surface area (Å²) in [6.45, 7) is 2.77. The first-order valence-corrected chi connectivity index (χ1v) is 7.96. The molecule has 0 saturated heterocycles. The fraction of sp³-hybridized carbons (Fsp3) is 0.412. The number of hydrogen-bond acceptors (Lipinski definition) is 8. The fourth-order valence-corrected chi connectivity index (χ4v) is 2.07. The molecule has 0 atom stereocenters. The van der Waals surface area contributed by atoms with Crippen molar-refractivity contribution in [3.63, 3.8) is 0 Å². The third-order valence-electron chi connectivity index (χ3n) is 3.51. The standard InChI is InChI=1S/C17H19N3O6/c1-10(21)14-5-12(6-18-14)8-25-15(23)3-4-16(24)26-9-13-7-19-17(20-13)11(2)22/h6-7H,3-5,8-9H2,1-2H3,(H,19,20). The average Bonchev–Trinajstić information content (AvgIpc) is 3.25. The second kappa shape index (κ2) is 8.84. The summed E-state index contributed by atoms with van der Waals surface area (Å²) in [5.41, 5.74) is 1.65. The van der Waals surface area contributed by atoms with Gasteiger partial charge in [-0.3, -0.25) is 24.2 Å². The number of rotatable bonds is 9. The number of Topliss-reactive ketones (excluding diaryl/α,β-unsaturated/α-hetero) is 2. The summed E-state index contributed by atoms with van der Waals surface area (Å²) >= 11 is 0. The van der Waals surface area contributed by atoms with Gasteiger partial charge in [-0.2, -0.15) is 0 Å². The molecule has 1 aliphatic heterocycles. The molecule has 0 radical (unpaired) electrons. The van der Waals surface area contributed by atoms with E-state index in [-0.39, 0.29) is 43.4 Å². The summed E-state index contributed by atoms with van der Waals surface area (Å²) < 4.78 is 10.0. The van der Waals surface area contributed by atoms with Crippen LogP contribution in [0.4, 0.5) is 0 Å². The van der Waals surface area contributed by atoms with Gasteiger partial charge in [0.2, 0.25) is 0 Å². The van der Waals surface area contributed by atoms with E-state index in [0.29, 0.717) is 17.8 Å². The van der Waals surface area contributed by atoms with E-state index in [1.54, 1.807) is 0 Å². The lowest BCUT2D eigenvalue weighted by Gasteiger charge is -2.06. The summed E-state index contributed by atoms with van der Waals surface area (Å²) in [5.74, 6) is -1.25. The zero-order chi connectivity index (χ0) is 19.1. The molecular weight excluding hydrogens is 342 g/mol. The van der Waals surface area contributed by atoms with Gasteiger partial charge in [0.25, 0.3) is 0 Å². The van der Waals surface area contributed by atoms with E-state index in [9.17, 15) is 19.2 Å². The van der Waals surface area contributed by atoms with Gasteiger partial charge in [-0.15, -0.1) is 0 Å². The van der Waals surface area contributed by atoms with Gasteiger partial charge in [0, 0.05) is 26.5 Å². The van der Waals surface area contributed by atoms with Gasteiger partial charge in [-0.05, 0) is 5.57 Å². The Bertz CT molecular complexity index is 790. The third kappa shape index (κ3) is 5.76. The quantitative estimate of drug-likeness (QED) is 0.518. The predicted molar refractivity (Wildman–Crippen MR) is 89.4 cm³/mol. The third-order valence-corrected chi connectivity index (χ3v) is 3.51. The SMILES string of the molecule is CC(=O)C1=NC=C(COC(=O)CCC(=O)OCc2cnc(C(C)=O)[nH]2)C1. The lowest BCUT2D eigenvalue weighted by atomic mass is 10.1. The number of carbonyl (C=O) groups is 4. The van der Waals surface area contributed by atoms with Crippen molar-refractivity contribution in [2.45, 2.75) is 39.7 Å². The van der Waals surface area contributed by atoms with Crippen molar-refractivity contribution in [1.29, 1.82) is 0 Å². The minimum Gasteiger partial charge on any atom is -0.461 e. The molecule has 0 aromatic carbocycles. The molecule has 2 rings (SSSR count). The fourth-order valence-electron chi connectivity index (χ4n) is 2.07. The number of ether oxygens (including phenoxy) is 2. The largest absolute Gasteiger partial charge is 0.461 e. The van der Waals surface area contributed by atoms with Crippen LogP contribution >= 0.6 is 0 Å². The number of imidazole rings is 1. The van der Waals surface area contributed by atoms with E-state index in [1.165, 1.54) is 26.2 Å². The summed E-state index contributed by atoms with van der Waals surface area (Å²) in [7, 11) is 0. The molecule has 0 aliphatic carbocycles. The van der Waals surface area contributed by atoms with Crippen molar-refractivity contribution in [3.8, 4) is 0 Å². The molecule has 9 nitrogen and oxygen atoms in total. The van der Waals surface area contributed by atoms with Crippen LogP contribution in [0.5, 0.6) is 0 Å². The summed E-state index contributed by atoms with van der Waals surface area (Å²) in [6, 6.07) is 0. The first-order valence-electron chi connectivity index (χ1n) is 7.96. The molecule has 0 amide bonds. The van der Waals surface area contributed by atoms with Crippen LogP contribution in [0.3, 0.4) is 0 Å². The van der Waals surface area contributed by atoms with Gasteiger partial charge in [0.15, 0.2) is 17.4 Å². The number of aromatic amines is 1. The monoisotopic (exact) mass is 361 g/mol. The van der Waals surface area contributed by atoms with Crippen molar-refractivity contribution >= 4 is 29.2 Å². The highest BCUT2D eigenvalue weighted by Gasteiger charge is 2.16. The van der Waals surface area contributed by atoms with Crippen molar-refractivity contribution in [2.75, 3.05) is 6.61 Å². The molecule has 138 valence electrons. The van der Waals surface area contributed by atoms with Crippen molar-refractivity contribution in [2.24, 2.45) is 4.99 Å². The Kier molecular flexibility index (Phi) is 6.54. The second-order valence-corrected chi connectivity index (χ2v) is 5.73. The van der Waals surface area contributed by atoms with Crippen LogP contribution < -0.4 is 0 Å². The number of nitrogens with zero attached hydrogens (tertiary/aromatic N) is 2. The smallest absolute Gasteiger partial charge is 0.306 e. The van der Waals surface area contributed by atoms with E-state index in [1.807, 2.05) is 0 Å². The summed E-state index contributed by atoms with van der Waals surface area (Å²) in [6.07, 6.45) is 3.05. The number of ketones is 2. The van der Waals surface area contributed by atoms with Gasteiger partial charge in [-0.1, -0.05) is 0 Å². The number of carbonyl (C=O) groups excluding carboxylic acids is 4. The lowest BCUT2D eigenvalue weighted by molar-refractivity contribution is -0.150. The average molecular weight is 361 g/mol. The zero-order valence-corrected chi connectivity index (χ0v) is 14.5. The Morgan fingerprint density at radius 1 is 1.04 bits per heavy atom. The van der Waals surface area contributed by atoms with Gasteiger partial charge in [0.1, 0.15) is 13.2 Å².